The number of benzene rings is 2. The van der Waals surface area contributed by atoms with E-state index in [4.69, 9.17) is 9.47 Å². The predicted octanol–water partition coefficient (Wildman–Crippen LogP) is 4.09. The first kappa shape index (κ1) is 26.3. The minimum absolute atomic E-state index is 0.0275. The fourth-order valence-corrected chi connectivity index (χ4v) is 3.91. The topological polar surface area (TPSA) is 71.1 Å². The molecular formula is C28H37N3O4. The third-order valence-corrected chi connectivity index (χ3v) is 5.90. The van der Waals surface area contributed by atoms with Crippen molar-refractivity contribution in [1.29, 1.82) is 0 Å². The van der Waals surface area contributed by atoms with E-state index in [1.807, 2.05) is 47.4 Å². The Labute approximate surface area is 208 Å². The molecule has 1 N–H and O–H groups in total. The van der Waals surface area contributed by atoms with Crippen LogP contribution >= 0.6 is 0 Å². The van der Waals surface area contributed by atoms with Crippen molar-refractivity contribution >= 4 is 23.6 Å². The highest BCUT2D eigenvalue weighted by atomic mass is 16.5. The Kier molecular flexibility index (Phi) is 9.73. The standard InChI is InChI=1S/C28H37N3O4/c1-5-23-8-6-7-9-24(23)29-27(32)19-30-14-16-31(17-15-30)28(33)13-11-22-10-12-25(26(18-22)34-4)35-20-21(2)3/h6-13,18,21H,5,14-17,19-20H2,1-4H3,(H,29,32)/b13-11+. The number of methoxy groups -OCH3 is 1. The second kappa shape index (κ2) is 13.0. The molecule has 0 aliphatic carbocycles. The molecule has 1 aliphatic heterocycles. The fourth-order valence-electron chi connectivity index (χ4n) is 3.91. The lowest BCUT2D eigenvalue weighted by Gasteiger charge is -2.33. The minimum Gasteiger partial charge on any atom is -0.493 e. The van der Waals surface area contributed by atoms with E-state index in [-0.39, 0.29) is 11.8 Å². The van der Waals surface area contributed by atoms with Crippen molar-refractivity contribution in [3.63, 3.8) is 0 Å². The number of aryl methyl sites for hydroxylation is 1. The summed E-state index contributed by atoms with van der Waals surface area (Å²) in [5.74, 6) is 1.70. The zero-order valence-corrected chi connectivity index (χ0v) is 21.3. The van der Waals surface area contributed by atoms with Gasteiger partial charge in [0, 0.05) is 37.9 Å². The highest BCUT2D eigenvalue weighted by Gasteiger charge is 2.21. The smallest absolute Gasteiger partial charge is 0.246 e. The second-order valence-corrected chi connectivity index (χ2v) is 9.11. The van der Waals surface area contributed by atoms with E-state index in [1.165, 1.54) is 0 Å². The largest absolute Gasteiger partial charge is 0.493 e. The summed E-state index contributed by atoms with van der Waals surface area (Å²) in [6.07, 6.45) is 4.25. The van der Waals surface area contributed by atoms with Gasteiger partial charge in [0.1, 0.15) is 0 Å². The highest BCUT2D eigenvalue weighted by molar-refractivity contribution is 5.93. The van der Waals surface area contributed by atoms with Crippen LogP contribution in [-0.4, -0.2) is 68.1 Å². The lowest BCUT2D eigenvalue weighted by molar-refractivity contribution is -0.127. The monoisotopic (exact) mass is 479 g/mol. The lowest BCUT2D eigenvalue weighted by Crippen LogP contribution is -2.50. The maximum atomic E-state index is 12.7. The normalized spacial score (nSPS) is 14.4. The van der Waals surface area contributed by atoms with Gasteiger partial charge in [0.05, 0.1) is 20.3 Å². The number of carbonyl (C=O) groups excluding carboxylic acids is 2. The van der Waals surface area contributed by atoms with Gasteiger partial charge in [-0.3, -0.25) is 14.5 Å². The van der Waals surface area contributed by atoms with Crippen molar-refractivity contribution in [3.8, 4) is 11.5 Å². The van der Waals surface area contributed by atoms with Gasteiger partial charge in [-0.05, 0) is 47.7 Å². The Morgan fingerprint density at radius 1 is 1.06 bits per heavy atom. The molecule has 7 nitrogen and oxygen atoms in total. The van der Waals surface area contributed by atoms with E-state index in [1.54, 1.807) is 19.3 Å². The van der Waals surface area contributed by atoms with Gasteiger partial charge in [0.15, 0.2) is 11.5 Å². The van der Waals surface area contributed by atoms with Crippen LogP contribution in [0.25, 0.3) is 6.08 Å². The van der Waals surface area contributed by atoms with Crippen molar-refractivity contribution in [1.82, 2.24) is 9.80 Å². The molecule has 35 heavy (non-hydrogen) atoms. The van der Waals surface area contributed by atoms with Gasteiger partial charge in [0.25, 0.3) is 0 Å². The van der Waals surface area contributed by atoms with Gasteiger partial charge in [-0.25, -0.2) is 0 Å². The number of piperazine rings is 1. The molecule has 1 saturated heterocycles. The molecule has 1 fully saturated rings. The third kappa shape index (κ3) is 7.86. The molecular weight excluding hydrogens is 442 g/mol. The summed E-state index contributed by atoms with van der Waals surface area (Å²) in [7, 11) is 1.61. The number of anilines is 1. The van der Waals surface area contributed by atoms with Crippen LogP contribution in [0.1, 0.15) is 31.9 Å². The number of rotatable bonds is 10. The minimum atomic E-state index is -0.0370. The highest BCUT2D eigenvalue weighted by Crippen LogP contribution is 2.29. The number of nitrogens with one attached hydrogen (secondary N) is 1. The first-order valence-corrected chi connectivity index (χ1v) is 12.3. The van der Waals surface area contributed by atoms with Crippen LogP contribution in [-0.2, 0) is 16.0 Å². The quantitative estimate of drug-likeness (QED) is 0.520. The van der Waals surface area contributed by atoms with E-state index in [9.17, 15) is 9.59 Å². The number of para-hydroxylation sites is 1. The van der Waals surface area contributed by atoms with E-state index < -0.39 is 0 Å². The van der Waals surface area contributed by atoms with Gasteiger partial charge in [-0.1, -0.05) is 45.0 Å². The molecule has 2 aromatic rings. The molecule has 188 valence electrons. The van der Waals surface area contributed by atoms with Gasteiger partial charge in [-0.15, -0.1) is 0 Å². The Hall–Kier alpha value is -3.32. The SMILES string of the molecule is CCc1ccccc1NC(=O)CN1CCN(C(=O)/C=C/c2ccc(OCC(C)C)c(OC)c2)CC1. The van der Waals surface area contributed by atoms with E-state index in [0.717, 1.165) is 23.2 Å². The summed E-state index contributed by atoms with van der Waals surface area (Å²) in [6.45, 7) is 9.71. The van der Waals surface area contributed by atoms with Gasteiger partial charge >= 0.3 is 0 Å². The molecule has 0 bridgehead atoms. The Balaban J connectivity index is 1.48. The first-order valence-electron chi connectivity index (χ1n) is 12.3. The zero-order chi connectivity index (χ0) is 25.2. The fraction of sp³-hybridized carbons (Fsp3) is 0.429. The number of nitrogens with zero attached hydrogens (tertiary/aromatic N) is 2. The molecule has 3 rings (SSSR count). The van der Waals surface area contributed by atoms with E-state index in [2.05, 4.69) is 31.0 Å². The Morgan fingerprint density at radius 3 is 2.49 bits per heavy atom. The average Bonchev–Trinajstić information content (AvgIpc) is 2.86. The number of amides is 2. The molecule has 1 aliphatic rings. The lowest BCUT2D eigenvalue weighted by atomic mass is 10.1. The maximum Gasteiger partial charge on any atom is 0.246 e. The summed E-state index contributed by atoms with van der Waals surface area (Å²) < 4.78 is 11.2. The molecule has 2 amide bonds. The van der Waals surface area contributed by atoms with E-state index >= 15 is 0 Å². The van der Waals surface area contributed by atoms with Crippen molar-refractivity contribution < 1.29 is 19.1 Å². The molecule has 2 aromatic carbocycles. The van der Waals surface area contributed by atoms with Crippen LogP contribution in [0.15, 0.2) is 48.5 Å². The van der Waals surface area contributed by atoms with Crippen LogP contribution in [0, 0.1) is 5.92 Å². The van der Waals surface area contributed by atoms with E-state index in [0.29, 0.717) is 56.7 Å². The molecule has 0 unspecified atom stereocenters. The maximum absolute atomic E-state index is 12.7. The van der Waals surface area contributed by atoms with Crippen LogP contribution in [0.4, 0.5) is 5.69 Å². The summed E-state index contributed by atoms with van der Waals surface area (Å²) >= 11 is 0. The van der Waals surface area contributed by atoms with Crippen LogP contribution in [0.5, 0.6) is 11.5 Å². The predicted molar refractivity (Wildman–Crippen MR) is 140 cm³/mol. The van der Waals surface area contributed by atoms with Gasteiger partial charge in [-0.2, -0.15) is 0 Å². The van der Waals surface area contributed by atoms with Crippen molar-refractivity contribution in [2.24, 2.45) is 5.92 Å². The molecule has 0 atom stereocenters. The van der Waals surface area contributed by atoms with Crippen molar-refractivity contribution in [2.75, 3.05) is 51.8 Å². The molecule has 1 heterocycles. The Bertz CT molecular complexity index is 1030. The zero-order valence-electron chi connectivity index (χ0n) is 21.3. The van der Waals surface area contributed by atoms with Crippen LogP contribution in [0.3, 0.4) is 0 Å². The molecule has 7 heteroatoms. The number of carbonyl (C=O) groups is 2. The first-order chi connectivity index (χ1) is 16.9. The molecule has 0 saturated carbocycles. The van der Waals surface area contributed by atoms with Crippen LogP contribution in [0.2, 0.25) is 0 Å². The van der Waals surface area contributed by atoms with Crippen LogP contribution < -0.4 is 14.8 Å². The summed E-state index contributed by atoms with van der Waals surface area (Å²) in [4.78, 5) is 29.1. The number of ether oxygens (including phenoxy) is 2. The van der Waals surface area contributed by atoms with Crippen molar-refractivity contribution in [2.45, 2.75) is 27.2 Å². The van der Waals surface area contributed by atoms with Gasteiger partial charge in [0.2, 0.25) is 11.8 Å². The van der Waals surface area contributed by atoms with Gasteiger partial charge < -0.3 is 19.7 Å². The third-order valence-electron chi connectivity index (χ3n) is 5.90. The molecule has 0 aromatic heterocycles. The summed E-state index contributed by atoms with van der Waals surface area (Å²) in [5, 5.41) is 3.02. The molecule has 0 radical (unpaired) electrons. The number of hydrogen-bond donors (Lipinski definition) is 1. The number of hydrogen-bond acceptors (Lipinski definition) is 5. The van der Waals surface area contributed by atoms with Crippen molar-refractivity contribution in [3.05, 3.63) is 59.7 Å². The summed E-state index contributed by atoms with van der Waals surface area (Å²) in [5.41, 5.74) is 2.86. The average molecular weight is 480 g/mol. The second-order valence-electron chi connectivity index (χ2n) is 9.11. The summed E-state index contributed by atoms with van der Waals surface area (Å²) in [6, 6.07) is 13.5. The molecule has 0 spiro atoms. The Morgan fingerprint density at radius 2 is 1.80 bits per heavy atom.